The van der Waals surface area contributed by atoms with E-state index in [0.717, 1.165) is 22.0 Å². The van der Waals surface area contributed by atoms with Gasteiger partial charge in [-0.05, 0) is 19.9 Å². The zero-order chi connectivity index (χ0) is 13.1. The van der Waals surface area contributed by atoms with Crippen molar-refractivity contribution in [2.45, 2.75) is 26.4 Å². The van der Waals surface area contributed by atoms with Gasteiger partial charge in [0.1, 0.15) is 5.75 Å². The third-order valence-corrected chi connectivity index (χ3v) is 4.03. The predicted molar refractivity (Wildman–Crippen MR) is 73.2 cm³/mol. The minimum atomic E-state index is -0.578. The molecule has 0 aliphatic rings. The van der Waals surface area contributed by atoms with Crippen molar-refractivity contribution in [3.8, 4) is 5.75 Å². The van der Waals surface area contributed by atoms with Crippen LogP contribution in [0.5, 0.6) is 5.75 Å². The second-order valence-corrected chi connectivity index (χ2v) is 5.50. The number of nitrogens with zero attached hydrogens (tertiary/aromatic N) is 1. The quantitative estimate of drug-likeness (QED) is 0.922. The first-order valence-corrected chi connectivity index (χ1v) is 6.67. The molecule has 1 aromatic carbocycles. The maximum atomic E-state index is 10.3. The topological polar surface area (TPSA) is 42.4 Å². The van der Waals surface area contributed by atoms with E-state index < -0.39 is 6.10 Å². The summed E-state index contributed by atoms with van der Waals surface area (Å²) in [7, 11) is 1.61. The van der Waals surface area contributed by atoms with Crippen LogP contribution in [0.4, 0.5) is 0 Å². The fraction of sp³-hybridized carbons (Fsp3) is 0.357. The molecule has 0 saturated carbocycles. The van der Waals surface area contributed by atoms with Gasteiger partial charge in [0.2, 0.25) is 0 Å². The van der Waals surface area contributed by atoms with Gasteiger partial charge < -0.3 is 9.84 Å². The molecule has 1 aromatic heterocycles. The molecule has 1 N–H and O–H groups in total. The third kappa shape index (κ3) is 2.71. The Bertz CT molecular complexity index is 517. The van der Waals surface area contributed by atoms with Crippen LogP contribution >= 0.6 is 11.3 Å². The van der Waals surface area contributed by atoms with E-state index in [4.69, 9.17) is 4.74 Å². The van der Waals surface area contributed by atoms with E-state index in [0.29, 0.717) is 6.42 Å². The summed E-state index contributed by atoms with van der Waals surface area (Å²) < 4.78 is 5.26. The van der Waals surface area contributed by atoms with Crippen LogP contribution in [0.2, 0.25) is 0 Å². The van der Waals surface area contributed by atoms with Crippen LogP contribution in [-0.4, -0.2) is 17.2 Å². The lowest BCUT2D eigenvalue weighted by Gasteiger charge is -2.13. The highest BCUT2D eigenvalue weighted by molar-refractivity contribution is 7.11. The molecule has 2 rings (SSSR count). The zero-order valence-corrected chi connectivity index (χ0v) is 11.6. The molecule has 0 saturated heterocycles. The zero-order valence-electron chi connectivity index (χ0n) is 10.8. The molecule has 0 spiro atoms. The van der Waals surface area contributed by atoms with Gasteiger partial charge in [0.15, 0.2) is 0 Å². The number of hydrogen-bond donors (Lipinski definition) is 1. The number of aliphatic hydroxyl groups excluding tert-OH is 1. The molecule has 0 aliphatic heterocycles. The van der Waals surface area contributed by atoms with Crippen molar-refractivity contribution in [1.82, 2.24) is 4.98 Å². The molecule has 0 aliphatic carbocycles. The lowest BCUT2D eigenvalue weighted by molar-refractivity contribution is 0.174. The molecule has 96 valence electrons. The Labute approximate surface area is 111 Å². The molecular weight excluding hydrogens is 246 g/mol. The van der Waals surface area contributed by atoms with Gasteiger partial charge in [0, 0.05) is 16.9 Å². The van der Waals surface area contributed by atoms with Crippen LogP contribution in [0.1, 0.15) is 27.2 Å². The van der Waals surface area contributed by atoms with E-state index in [1.807, 2.05) is 38.1 Å². The Morgan fingerprint density at radius 1 is 1.33 bits per heavy atom. The first-order chi connectivity index (χ1) is 8.61. The molecule has 0 fully saturated rings. The smallest absolute Gasteiger partial charge is 0.124 e. The average Bonchev–Trinajstić information content (AvgIpc) is 2.68. The highest BCUT2D eigenvalue weighted by Crippen LogP contribution is 2.28. The maximum absolute atomic E-state index is 10.3. The first-order valence-electron chi connectivity index (χ1n) is 5.85. The molecule has 1 atom stereocenters. The van der Waals surface area contributed by atoms with E-state index in [2.05, 4.69) is 4.98 Å². The van der Waals surface area contributed by atoms with E-state index in [9.17, 15) is 5.11 Å². The van der Waals surface area contributed by atoms with Gasteiger partial charge in [-0.3, -0.25) is 0 Å². The fourth-order valence-corrected chi connectivity index (χ4v) is 2.81. The number of aryl methyl sites for hydroxylation is 2. The Hall–Kier alpha value is -1.39. The fourth-order valence-electron chi connectivity index (χ4n) is 1.84. The van der Waals surface area contributed by atoms with Gasteiger partial charge >= 0.3 is 0 Å². The van der Waals surface area contributed by atoms with Gasteiger partial charge in [-0.1, -0.05) is 18.2 Å². The van der Waals surface area contributed by atoms with Gasteiger partial charge in [-0.2, -0.15) is 0 Å². The molecule has 0 radical (unpaired) electrons. The summed E-state index contributed by atoms with van der Waals surface area (Å²) in [5.74, 6) is 0.718. The summed E-state index contributed by atoms with van der Waals surface area (Å²) in [6.45, 7) is 4.04. The number of aliphatic hydroxyl groups is 1. The van der Waals surface area contributed by atoms with Gasteiger partial charge in [-0.15, -0.1) is 11.3 Å². The SMILES string of the molecule is COc1ccccc1C(O)Cc1nc(C)c(C)s1. The number of thiazole rings is 1. The second-order valence-electron chi connectivity index (χ2n) is 4.21. The third-order valence-electron chi connectivity index (χ3n) is 2.94. The van der Waals surface area contributed by atoms with Crippen LogP contribution in [-0.2, 0) is 6.42 Å². The summed E-state index contributed by atoms with van der Waals surface area (Å²) in [5, 5.41) is 11.2. The number of hydrogen-bond acceptors (Lipinski definition) is 4. The molecule has 1 unspecified atom stereocenters. The Kier molecular flexibility index (Phi) is 3.99. The van der Waals surface area contributed by atoms with Crippen molar-refractivity contribution in [3.05, 3.63) is 45.4 Å². The Morgan fingerprint density at radius 3 is 2.67 bits per heavy atom. The second kappa shape index (κ2) is 5.50. The van der Waals surface area contributed by atoms with Crippen molar-refractivity contribution in [1.29, 1.82) is 0 Å². The molecule has 18 heavy (non-hydrogen) atoms. The molecule has 3 nitrogen and oxygen atoms in total. The van der Waals surface area contributed by atoms with Crippen LogP contribution < -0.4 is 4.74 Å². The average molecular weight is 263 g/mol. The molecular formula is C14H17NO2S. The van der Waals surface area contributed by atoms with Crippen molar-refractivity contribution in [3.63, 3.8) is 0 Å². The normalized spacial score (nSPS) is 12.4. The number of rotatable bonds is 4. The lowest BCUT2D eigenvalue weighted by atomic mass is 10.1. The molecule has 1 heterocycles. The van der Waals surface area contributed by atoms with E-state index in [-0.39, 0.29) is 0 Å². The van der Waals surface area contributed by atoms with Gasteiger partial charge in [-0.25, -0.2) is 4.98 Å². The molecule has 0 amide bonds. The van der Waals surface area contributed by atoms with Crippen molar-refractivity contribution in [2.75, 3.05) is 7.11 Å². The van der Waals surface area contributed by atoms with Crippen LogP contribution in [0, 0.1) is 13.8 Å². The lowest BCUT2D eigenvalue weighted by Crippen LogP contribution is -2.03. The summed E-state index contributed by atoms with van der Waals surface area (Å²) in [6.07, 6.45) is -0.0502. The summed E-state index contributed by atoms with van der Waals surface area (Å²) in [4.78, 5) is 5.65. The molecule has 2 aromatic rings. The van der Waals surface area contributed by atoms with Crippen molar-refractivity contribution >= 4 is 11.3 Å². The number of aromatic nitrogens is 1. The van der Waals surface area contributed by atoms with E-state index in [1.54, 1.807) is 18.4 Å². The first kappa shape index (κ1) is 13.1. The van der Waals surface area contributed by atoms with Crippen molar-refractivity contribution < 1.29 is 9.84 Å². The minimum absolute atomic E-state index is 0.528. The van der Waals surface area contributed by atoms with Gasteiger partial charge in [0.05, 0.1) is 23.9 Å². The van der Waals surface area contributed by atoms with E-state index >= 15 is 0 Å². The van der Waals surface area contributed by atoms with Crippen LogP contribution in [0.15, 0.2) is 24.3 Å². The standard InChI is InChI=1S/C14H17NO2S/c1-9-10(2)18-14(15-9)8-12(16)11-6-4-5-7-13(11)17-3/h4-7,12,16H,8H2,1-3H3. The maximum Gasteiger partial charge on any atom is 0.124 e. The predicted octanol–water partition coefficient (Wildman–Crippen LogP) is 3.04. The van der Waals surface area contributed by atoms with Crippen LogP contribution in [0.25, 0.3) is 0 Å². The Morgan fingerprint density at radius 2 is 2.06 bits per heavy atom. The molecule has 4 heteroatoms. The van der Waals surface area contributed by atoms with Crippen LogP contribution in [0.3, 0.4) is 0 Å². The van der Waals surface area contributed by atoms with E-state index in [1.165, 1.54) is 4.88 Å². The largest absolute Gasteiger partial charge is 0.496 e. The number of para-hydroxylation sites is 1. The minimum Gasteiger partial charge on any atom is -0.496 e. The highest BCUT2D eigenvalue weighted by Gasteiger charge is 2.15. The number of ether oxygens (including phenoxy) is 1. The summed E-state index contributed by atoms with van der Waals surface area (Å²) >= 11 is 1.64. The Balaban J connectivity index is 2.18. The number of methoxy groups -OCH3 is 1. The summed E-state index contributed by atoms with van der Waals surface area (Å²) in [6, 6.07) is 7.54. The number of benzene rings is 1. The van der Waals surface area contributed by atoms with Crippen molar-refractivity contribution in [2.24, 2.45) is 0 Å². The van der Waals surface area contributed by atoms with Gasteiger partial charge in [0.25, 0.3) is 0 Å². The summed E-state index contributed by atoms with van der Waals surface area (Å²) in [5.41, 5.74) is 1.85. The highest BCUT2D eigenvalue weighted by atomic mass is 32.1. The monoisotopic (exact) mass is 263 g/mol. The molecule has 0 bridgehead atoms.